The summed E-state index contributed by atoms with van der Waals surface area (Å²) in [7, 11) is 0. The first-order valence-corrected chi connectivity index (χ1v) is 6.98. The molecule has 1 aromatic rings. The molecule has 2 heterocycles. The highest BCUT2D eigenvalue weighted by Gasteiger charge is 2.48. The van der Waals surface area contributed by atoms with E-state index in [1.54, 1.807) is 23.6 Å². The minimum Gasteiger partial charge on any atom is -0.464 e. The molecule has 1 amide bonds. The third-order valence-corrected chi connectivity index (χ3v) is 4.56. The lowest BCUT2D eigenvalue weighted by Gasteiger charge is -2.21. The minimum absolute atomic E-state index is 0.0249. The lowest BCUT2D eigenvalue weighted by molar-refractivity contribution is -0.147. The van der Waals surface area contributed by atoms with Crippen LogP contribution in [0.3, 0.4) is 0 Å². The van der Waals surface area contributed by atoms with Crippen molar-refractivity contribution in [3.8, 4) is 0 Å². The molecule has 5 heteroatoms. The summed E-state index contributed by atoms with van der Waals surface area (Å²) in [6, 6.07) is 7.11. The van der Waals surface area contributed by atoms with Crippen molar-refractivity contribution in [2.45, 2.75) is 18.3 Å². The number of carbonyl (C=O) groups excluding carboxylic acids is 2. The van der Waals surface area contributed by atoms with Gasteiger partial charge in [0.1, 0.15) is 11.4 Å². The Morgan fingerprint density at radius 1 is 1.50 bits per heavy atom. The number of rotatable bonds is 2. The molecular formula is C13H13NO3S. The molecule has 0 spiro atoms. The summed E-state index contributed by atoms with van der Waals surface area (Å²) in [4.78, 5) is 25.8. The van der Waals surface area contributed by atoms with Gasteiger partial charge in [-0.25, -0.2) is 4.79 Å². The van der Waals surface area contributed by atoms with Crippen LogP contribution in [0, 0.1) is 0 Å². The topological polar surface area (TPSA) is 46.6 Å². The van der Waals surface area contributed by atoms with Crippen LogP contribution < -0.4 is 0 Å². The van der Waals surface area contributed by atoms with Crippen LogP contribution >= 0.6 is 11.8 Å². The maximum absolute atomic E-state index is 12.3. The maximum Gasteiger partial charge on any atom is 0.329 e. The fourth-order valence-corrected chi connectivity index (χ4v) is 3.91. The summed E-state index contributed by atoms with van der Waals surface area (Å²) in [5.41, 5.74) is 1.73. The molecule has 94 valence electrons. The van der Waals surface area contributed by atoms with Gasteiger partial charge in [-0.1, -0.05) is 18.2 Å². The van der Waals surface area contributed by atoms with E-state index in [-0.39, 0.29) is 17.3 Å². The van der Waals surface area contributed by atoms with Crippen LogP contribution in [0.25, 0.3) is 0 Å². The minimum atomic E-state index is -0.445. The van der Waals surface area contributed by atoms with E-state index in [1.807, 2.05) is 24.3 Å². The molecule has 2 atom stereocenters. The molecule has 2 aliphatic heterocycles. The van der Waals surface area contributed by atoms with Gasteiger partial charge in [-0.05, 0) is 18.6 Å². The third kappa shape index (κ3) is 1.54. The predicted molar refractivity (Wildman–Crippen MR) is 68.2 cm³/mol. The first kappa shape index (κ1) is 11.6. The number of nitrogens with zero attached hydrogens (tertiary/aromatic N) is 1. The van der Waals surface area contributed by atoms with Gasteiger partial charge >= 0.3 is 5.97 Å². The zero-order valence-corrected chi connectivity index (χ0v) is 10.8. The van der Waals surface area contributed by atoms with Crippen molar-refractivity contribution < 1.29 is 14.3 Å². The monoisotopic (exact) mass is 263 g/mol. The lowest BCUT2D eigenvalue weighted by Crippen LogP contribution is -2.40. The number of hydrogen-bond acceptors (Lipinski definition) is 4. The molecule has 0 saturated carbocycles. The number of hydrogen-bond donors (Lipinski definition) is 0. The summed E-state index contributed by atoms with van der Waals surface area (Å²) >= 11 is 1.63. The standard InChI is InChI=1S/C13H13NO3S/c1-2-17-13(16)10-7-18-12-9-6-4-3-5-8(9)11(15)14(10)12/h3-6,10,12H,2,7H2,1H3/t10-,12-/m0/s1. The molecule has 1 saturated heterocycles. The predicted octanol–water partition coefficient (Wildman–Crippen LogP) is 1.82. The number of fused-ring (bicyclic) bond motifs is 3. The van der Waals surface area contributed by atoms with E-state index in [1.165, 1.54) is 0 Å². The van der Waals surface area contributed by atoms with Crippen LogP contribution in [-0.2, 0) is 9.53 Å². The molecule has 4 nitrogen and oxygen atoms in total. The van der Waals surface area contributed by atoms with E-state index in [0.29, 0.717) is 17.9 Å². The highest BCUT2D eigenvalue weighted by molar-refractivity contribution is 7.99. The van der Waals surface area contributed by atoms with Crippen LogP contribution in [-0.4, -0.2) is 35.2 Å². The Labute approximate surface area is 109 Å². The molecule has 1 fully saturated rings. The Bertz CT molecular complexity index is 517. The van der Waals surface area contributed by atoms with Gasteiger partial charge in [-0.3, -0.25) is 4.79 Å². The van der Waals surface area contributed by atoms with Crippen LogP contribution in [0.5, 0.6) is 0 Å². The largest absolute Gasteiger partial charge is 0.464 e. The molecule has 0 N–H and O–H groups in total. The van der Waals surface area contributed by atoms with Crippen LogP contribution in [0.1, 0.15) is 28.2 Å². The fraction of sp³-hybridized carbons (Fsp3) is 0.385. The second-order valence-corrected chi connectivity index (χ2v) is 5.37. The zero-order chi connectivity index (χ0) is 12.7. The Hall–Kier alpha value is -1.49. The summed E-state index contributed by atoms with van der Waals surface area (Å²) in [5, 5.41) is -0.0249. The van der Waals surface area contributed by atoms with Gasteiger partial charge in [0.2, 0.25) is 0 Å². The summed E-state index contributed by atoms with van der Waals surface area (Å²) < 4.78 is 5.03. The van der Waals surface area contributed by atoms with Crippen molar-refractivity contribution in [3.05, 3.63) is 35.4 Å². The van der Waals surface area contributed by atoms with Crippen molar-refractivity contribution in [2.75, 3.05) is 12.4 Å². The van der Waals surface area contributed by atoms with Crippen molar-refractivity contribution in [1.82, 2.24) is 4.90 Å². The average Bonchev–Trinajstić information content (AvgIpc) is 2.92. The smallest absolute Gasteiger partial charge is 0.329 e. The second kappa shape index (κ2) is 4.31. The highest BCUT2D eigenvalue weighted by Crippen LogP contribution is 2.48. The molecule has 3 rings (SSSR count). The number of benzene rings is 1. The number of ether oxygens (including phenoxy) is 1. The SMILES string of the molecule is CCOC(=O)[C@@H]1CS[C@H]2c3ccccc3C(=O)N12. The van der Waals surface area contributed by atoms with Crippen molar-refractivity contribution in [2.24, 2.45) is 0 Å². The molecule has 0 bridgehead atoms. The molecule has 1 aromatic carbocycles. The van der Waals surface area contributed by atoms with Gasteiger partial charge in [0.25, 0.3) is 5.91 Å². The molecule has 0 aliphatic carbocycles. The van der Waals surface area contributed by atoms with Gasteiger partial charge in [-0.15, -0.1) is 11.8 Å². The van der Waals surface area contributed by atoms with E-state index >= 15 is 0 Å². The molecule has 0 unspecified atom stereocenters. The summed E-state index contributed by atoms with van der Waals surface area (Å²) in [5.74, 6) is 0.260. The number of thioether (sulfide) groups is 1. The van der Waals surface area contributed by atoms with Gasteiger partial charge in [0.15, 0.2) is 0 Å². The summed E-state index contributed by atoms with van der Waals surface area (Å²) in [6.07, 6.45) is 0. The first-order chi connectivity index (χ1) is 8.74. The van der Waals surface area contributed by atoms with E-state index in [2.05, 4.69) is 0 Å². The van der Waals surface area contributed by atoms with E-state index in [9.17, 15) is 9.59 Å². The Morgan fingerprint density at radius 2 is 2.28 bits per heavy atom. The van der Waals surface area contributed by atoms with Gasteiger partial charge < -0.3 is 9.64 Å². The molecular weight excluding hydrogens is 250 g/mol. The van der Waals surface area contributed by atoms with E-state index < -0.39 is 6.04 Å². The van der Waals surface area contributed by atoms with Crippen molar-refractivity contribution >= 4 is 23.6 Å². The lowest BCUT2D eigenvalue weighted by atomic mass is 10.1. The van der Waals surface area contributed by atoms with E-state index in [0.717, 1.165) is 5.56 Å². The average molecular weight is 263 g/mol. The highest BCUT2D eigenvalue weighted by atomic mass is 32.2. The number of esters is 1. The van der Waals surface area contributed by atoms with Gasteiger partial charge in [0.05, 0.1) is 6.61 Å². The number of carbonyl (C=O) groups is 2. The fourth-order valence-electron chi connectivity index (χ4n) is 2.46. The van der Waals surface area contributed by atoms with Gasteiger partial charge in [0, 0.05) is 11.3 Å². The Kier molecular flexibility index (Phi) is 2.78. The van der Waals surface area contributed by atoms with Crippen molar-refractivity contribution in [1.29, 1.82) is 0 Å². The molecule has 0 aromatic heterocycles. The van der Waals surface area contributed by atoms with Crippen LogP contribution in [0.15, 0.2) is 24.3 Å². The first-order valence-electron chi connectivity index (χ1n) is 5.94. The van der Waals surface area contributed by atoms with Gasteiger partial charge in [-0.2, -0.15) is 0 Å². The van der Waals surface area contributed by atoms with Crippen LogP contribution in [0.2, 0.25) is 0 Å². The molecule has 2 aliphatic rings. The maximum atomic E-state index is 12.3. The number of amides is 1. The Balaban J connectivity index is 1.93. The quantitative estimate of drug-likeness (QED) is 0.764. The van der Waals surface area contributed by atoms with E-state index in [4.69, 9.17) is 4.74 Å². The summed E-state index contributed by atoms with van der Waals surface area (Å²) in [6.45, 7) is 2.12. The van der Waals surface area contributed by atoms with Crippen LogP contribution in [0.4, 0.5) is 0 Å². The second-order valence-electron chi connectivity index (χ2n) is 4.25. The normalized spacial score (nSPS) is 24.9. The van der Waals surface area contributed by atoms with Crippen molar-refractivity contribution in [3.63, 3.8) is 0 Å². The third-order valence-electron chi connectivity index (χ3n) is 3.25. The zero-order valence-electron chi connectivity index (χ0n) is 9.96. The Morgan fingerprint density at radius 3 is 3.06 bits per heavy atom. The molecule has 0 radical (unpaired) electrons. The molecule has 18 heavy (non-hydrogen) atoms.